The average Bonchev–Trinajstić information content (AvgIpc) is 2.31. The second-order valence-corrected chi connectivity index (χ2v) is 4.05. The lowest BCUT2D eigenvalue weighted by molar-refractivity contribution is -0.148. The second-order valence-electron chi connectivity index (χ2n) is 4.05. The van der Waals surface area contributed by atoms with E-state index in [-0.39, 0.29) is 5.91 Å². The number of carboxylic acids is 1. The first-order chi connectivity index (χ1) is 8.47. The molecular weight excluding hydrogens is 234 g/mol. The van der Waals surface area contributed by atoms with E-state index >= 15 is 0 Å². The van der Waals surface area contributed by atoms with Crippen molar-refractivity contribution < 1.29 is 19.4 Å². The van der Waals surface area contributed by atoms with Crippen LogP contribution < -0.4 is 0 Å². The zero-order valence-electron chi connectivity index (χ0n) is 10.7. The summed E-state index contributed by atoms with van der Waals surface area (Å²) in [5.41, 5.74) is 1.52. The molecule has 0 radical (unpaired) electrons. The summed E-state index contributed by atoms with van der Waals surface area (Å²) >= 11 is 0. The van der Waals surface area contributed by atoms with Crippen molar-refractivity contribution in [1.29, 1.82) is 0 Å². The van der Waals surface area contributed by atoms with E-state index in [1.807, 2.05) is 0 Å². The van der Waals surface area contributed by atoms with Crippen LogP contribution in [-0.4, -0.2) is 36.0 Å². The van der Waals surface area contributed by atoms with Gasteiger partial charge in [-0.3, -0.25) is 4.79 Å². The molecule has 0 aliphatic heterocycles. The number of likely N-dealkylation sites (N-methyl/N-ethyl adjacent to an activating group) is 1. The summed E-state index contributed by atoms with van der Waals surface area (Å²) in [7, 11) is 3.07. The third-order valence-corrected chi connectivity index (χ3v) is 2.72. The van der Waals surface area contributed by atoms with Gasteiger partial charge in [0.15, 0.2) is 6.04 Å². The van der Waals surface area contributed by atoms with Gasteiger partial charge in [0.05, 0.1) is 6.61 Å². The molecule has 18 heavy (non-hydrogen) atoms. The van der Waals surface area contributed by atoms with Crippen LogP contribution in [-0.2, 0) is 20.9 Å². The van der Waals surface area contributed by atoms with E-state index in [0.29, 0.717) is 12.2 Å². The maximum atomic E-state index is 11.3. The lowest BCUT2D eigenvalue weighted by Crippen LogP contribution is -2.34. The maximum absolute atomic E-state index is 11.3. The van der Waals surface area contributed by atoms with Crippen molar-refractivity contribution >= 4 is 11.9 Å². The Morgan fingerprint density at radius 1 is 1.33 bits per heavy atom. The van der Waals surface area contributed by atoms with Crippen molar-refractivity contribution in [2.75, 3.05) is 14.2 Å². The zero-order chi connectivity index (χ0) is 13.7. The first kappa shape index (κ1) is 14.2. The smallest absolute Gasteiger partial charge is 0.331 e. The van der Waals surface area contributed by atoms with Crippen LogP contribution in [0.2, 0.25) is 0 Å². The third kappa shape index (κ3) is 3.30. The van der Waals surface area contributed by atoms with Crippen molar-refractivity contribution in [1.82, 2.24) is 4.90 Å². The molecule has 0 spiro atoms. The first-order valence-corrected chi connectivity index (χ1v) is 5.51. The lowest BCUT2D eigenvalue weighted by Gasteiger charge is -2.24. The summed E-state index contributed by atoms with van der Waals surface area (Å²) in [6, 6.07) is 6.03. The van der Waals surface area contributed by atoms with Crippen LogP contribution in [0.25, 0.3) is 0 Å². The van der Waals surface area contributed by atoms with Crippen molar-refractivity contribution in [3.05, 3.63) is 35.4 Å². The van der Waals surface area contributed by atoms with E-state index in [0.717, 1.165) is 5.56 Å². The van der Waals surface area contributed by atoms with Crippen molar-refractivity contribution in [3.63, 3.8) is 0 Å². The Morgan fingerprint density at radius 3 is 2.28 bits per heavy atom. The second kappa shape index (κ2) is 6.16. The Balaban J connectivity index is 2.99. The summed E-state index contributed by atoms with van der Waals surface area (Å²) in [5, 5.41) is 9.20. The quantitative estimate of drug-likeness (QED) is 0.859. The third-order valence-electron chi connectivity index (χ3n) is 2.72. The fourth-order valence-electron chi connectivity index (χ4n) is 1.68. The van der Waals surface area contributed by atoms with Crippen LogP contribution in [0.4, 0.5) is 0 Å². The topological polar surface area (TPSA) is 66.8 Å². The van der Waals surface area contributed by atoms with Gasteiger partial charge in [-0.1, -0.05) is 24.3 Å². The Kier molecular flexibility index (Phi) is 4.85. The van der Waals surface area contributed by atoms with Gasteiger partial charge in [-0.05, 0) is 11.1 Å². The van der Waals surface area contributed by atoms with Gasteiger partial charge in [0, 0.05) is 21.1 Å². The Morgan fingerprint density at radius 2 is 1.89 bits per heavy atom. The van der Waals surface area contributed by atoms with E-state index in [9.17, 15) is 14.7 Å². The van der Waals surface area contributed by atoms with Crippen molar-refractivity contribution in [2.45, 2.75) is 19.6 Å². The summed E-state index contributed by atoms with van der Waals surface area (Å²) < 4.78 is 4.98. The number of hydrogen-bond acceptors (Lipinski definition) is 3. The largest absolute Gasteiger partial charge is 0.479 e. The van der Waals surface area contributed by atoms with Crippen LogP contribution in [0, 0.1) is 0 Å². The number of carboxylic acid groups (broad SMARTS) is 1. The number of nitrogens with zero attached hydrogens (tertiary/aromatic N) is 1. The molecule has 0 aliphatic rings. The Labute approximate surface area is 106 Å². The molecule has 1 unspecified atom stereocenters. The molecule has 1 amide bonds. The summed E-state index contributed by atoms with van der Waals surface area (Å²) in [5.74, 6) is -1.34. The molecule has 0 bridgehead atoms. The summed E-state index contributed by atoms with van der Waals surface area (Å²) in [6.45, 7) is 1.82. The fourth-order valence-corrected chi connectivity index (χ4v) is 1.68. The standard InChI is InChI=1S/C13H17NO4/c1-9(15)14(2)12(13(16)17)11-6-4-10(5-7-11)8-18-3/h4-7,12H,8H2,1-3H3,(H,16,17). The minimum absolute atomic E-state index is 0.289. The number of hydrogen-bond donors (Lipinski definition) is 1. The molecule has 1 atom stereocenters. The van der Waals surface area contributed by atoms with E-state index < -0.39 is 12.0 Å². The highest BCUT2D eigenvalue weighted by Crippen LogP contribution is 2.20. The zero-order valence-corrected chi connectivity index (χ0v) is 10.7. The molecule has 1 aromatic carbocycles. The molecular formula is C13H17NO4. The van der Waals surface area contributed by atoms with E-state index in [4.69, 9.17) is 4.74 Å². The van der Waals surface area contributed by atoms with Crippen LogP contribution in [0.15, 0.2) is 24.3 Å². The number of rotatable bonds is 5. The monoisotopic (exact) mass is 251 g/mol. The van der Waals surface area contributed by atoms with Gasteiger partial charge in [0.25, 0.3) is 0 Å². The molecule has 0 saturated carbocycles. The van der Waals surface area contributed by atoms with E-state index in [2.05, 4.69) is 0 Å². The van der Waals surface area contributed by atoms with Crippen molar-refractivity contribution in [3.8, 4) is 0 Å². The molecule has 0 aliphatic carbocycles. The van der Waals surface area contributed by atoms with Gasteiger partial charge in [-0.25, -0.2) is 4.79 Å². The van der Waals surface area contributed by atoms with Gasteiger partial charge in [0.2, 0.25) is 5.91 Å². The van der Waals surface area contributed by atoms with Crippen LogP contribution >= 0.6 is 0 Å². The molecule has 0 heterocycles. The van der Waals surface area contributed by atoms with Gasteiger partial charge in [0.1, 0.15) is 0 Å². The maximum Gasteiger partial charge on any atom is 0.331 e. The molecule has 0 aromatic heterocycles. The van der Waals surface area contributed by atoms with Crippen LogP contribution in [0.1, 0.15) is 24.1 Å². The van der Waals surface area contributed by atoms with Crippen molar-refractivity contribution in [2.24, 2.45) is 0 Å². The molecule has 0 saturated heterocycles. The average molecular weight is 251 g/mol. The summed E-state index contributed by atoms with van der Waals surface area (Å²) in [6.07, 6.45) is 0. The molecule has 1 rings (SSSR count). The highest BCUT2D eigenvalue weighted by molar-refractivity contribution is 5.83. The lowest BCUT2D eigenvalue weighted by atomic mass is 10.0. The number of ether oxygens (including phenoxy) is 1. The molecule has 1 N–H and O–H groups in total. The number of benzene rings is 1. The Hall–Kier alpha value is -1.88. The first-order valence-electron chi connectivity index (χ1n) is 5.51. The SMILES string of the molecule is COCc1ccc(C(C(=O)O)N(C)C(C)=O)cc1. The molecule has 98 valence electrons. The minimum Gasteiger partial charge on any atom is -0.479 e. The molecule has 5 nitrogen and oxygen atoms in total. The van der Waals surface area contributed by atoms with Crippen LogP contribution in [0.3, 0.4) is 0 Å². The minimum atomic E-state index is -1.05. The summed E-state index contributed by atoms with van der Waals surface area (Å²) in [4.78, 5) is 23.7. The number of amides is 1. The predicted octanol–water partition coefficient (Wildman–Crippen LogP) is 1.44. The Bertz CT molecular complexity index is 427. The van der Waals surface area contributed by atoms with Gasteiger partial charge in [-0.2, -0.15) is 0 Å². The van der Waals surface area contributed by atoms with Crippen LogP contribution in [0.5, 0.6) is 0 Å². The number of aliphatic carboxylic acids is 1. The normalized spacial score (nSPS) is 11.9. The number of carbonyl (C=O) groups excluding carboxylic acids is 1. The molecule has 5 heteroatoms. The highest BCUT2D eigenvalue weighted by Gasteiger charge is 2.26. The van der Waals surface area contributed by atoms with E-state index in [1.54, 1.807) is 31.4 Å². The predicted molar refractivity (Wildman–Crippen MR) is 66.0 cm³/mol. The molecule has 0 fully saturated rings. The highest BCUT2D eigenvalue weighted by atomic mass is 16.5. The number of carbonyl (C=O) groups is 2. The van der Waals surface area contributed by atoms with Gasteiger partial charge in [-0.15, -0.1) is 0 Å². The van der Waals surface area contributed by atoms with Gasteiger partial charge < -0.3 is 14.7 Å². The molecule has 1 aromatic rings. The number of methoxy groups -OCH3 is 1. The van der Waals surface area contributed by atoms with Gasteiger partial charge >= 0.3 is 5.97 Å². The fraction of sp³-hybridized carbons (Fsp3) is 0.385. The van der Waals surface area contributed by atoms with E-state index in [1.165, 1.54) is 18.9 Å².